The van der Waals surface area contributed by atoms with E-state index in [1.54, 1.807) is 0 Å². The molecule has 1 aromatic rings. The van der Waals surface area contributed by atoms with E-state index in [1.807, 2.05) is 6.92 Å². The molecule has 4 nitrogen and oxygen atoms in total. The van der Waals surface area contributed by atoms with Gasteiger partial charge in [-0.15, -0.1) is 10.2 Å². The smallest absolute Gasteiger partial charge is 0.133 e. The van der Waals surface area contributed by atoms with Crippen LogP contribution in [-0.4, -0.2) is 21.3 Å². The Bertz CT molecular complexity index is 314. The van der Waals surface area contributed by atoms with Crippen LogP contribution in [0.5, 0.6) is 0 Å². The second kappa shape index (κ2) is 3.69. The van der Waals surface area contributed by atoms with Crippen LogP contribution in [0.15, 0.2) is 0 Å². The van der Waals surface area contributed by atoms with E-state index in [0.717, 1.165) is 24.6 Å². The minimum atomic E-state index is 0.496. The van der Waals surface area contributed by atoms with Crippen molar-refractivity contribution in [1.82, 2.24) is 14.8 Å². The van der Waals surface area contributed by atoms with Crippen LogP contribution in [0.3, 0.4) is 0 Å². The Morgan fingerprint density at radius 1 is 1.50 bits per heavy atom. The molecule has 1 fully saturated rings. The van der Waals surface area contributed by atoms with Gasteiger partial charge in [0, 0.05) is 12.5 Å². The van der Waals surface area contributed by atoms with Crippen LogP contribution in [0, 0.1) is 12.8 Å². The Morgan fingerprint density at radius 3 is 2.79 bits per heavy atom. The summed E-state index contributed by atoms with van der Waals surface area (Å²) in [7, 11) is 0. The number of hydrogen-bond donors (Lipinski definition) is 1. The number of aromatic nitrogens is 3. The van der Waals surface area contributed by atoms with Gasteiger partial charge >= 0.3 is 0 Å². The summed E-state index contributed by atoms with van der Waals surface area (Å²) in [5.41, 5.74) is 5.61. The van der Waals surface area contributed by atoms with Gasteiger partial charge in [0.15, 0.2) is 0 Å². The van der Waals surface area contributed by atoms with E-state index in [-0.39, 0.29) is 0 Å². The lowest BCUT2D eigenvalue weighted by Gasteiger charge is -2.10. The second-order valence-corrected chi connectivity index (χ2v) is 4.31. The van der Waals surface area contributed by atoms with E-state index in [4.69, 9.17) is 5.73 Å². The van der Waals surface area contributed by atoms with E-state index >= 15 is 0 Å². The van der Waals surface area contributed by atoms with E-state index in [2.05, 4.69) is 21.7 Å². The predicted molar refractivity (Wildman–Crippen MR) is 55.0 cm³/mol. The lowest BCUT2D eigenvalue weighted by atomic mass is 10.1. The fourth-order valence-electron chi connectivity index (χ4n) is 1.76. The van der Waals surface area contributed by atoms with Crippen molar-refractivity contribution >= 4 is 0 Å². The topological polar surface area (TPSA) is 56.7 Å². The Morgan fingerprint density at radius 2 is 2.21 bits per heavy atom. The minimum absolute atomic E-state index is 0.496. The van der Waals surface area contributed by atoms with Crippen LogP contribution in [-0.2, 0) is 6.42 Å². The van der Waals surface area contributed by atoms with E-state index < -0.39 is 0 Å². The lowest BCUT2D eigenvalue weighted by molar-refractivity contribution is 0.542. The summed E-state index contributed by atoms with van der Waals surface area (Å²) in [6, 6.07) is 0.671. The van der Waals surface area contributed by atoms with Crippen LogP contribution in [0.1, 0.15) is 37.5 Å². The van der Waals surface area contributed by atoms with Gasteiger partial charge < -0.3 is 10.3 Å². The summed E-state index contributed by atoms with van der Waals surface area (Å²) in [5.74, 6) is 2.66. The molecule has 0 spiro atoms. The molecule has 0 aliphatic heterocycles. The van der Waals surface area contributed by atoms with Crippen LogP contribution in [0.4, 0.5) is 0 Å². The highest BCUT2D eigenvalue weighted by atomic mass is 15.3. The lowest BCUT2D eigenvalue weighted by Crippen LogP contribution is -2.16. The van der Waals surface area contributed by atoms with Crippen molar-refractivity contribution in [2.24, 2.45) is 11.7 Å². The Hall–Kier alpha value is -0.900. The van der Waals surface area contributed by atoms with Gasteiger partial charge in [-0.3, -0.25) is 0 Å². The molecule has 0 bridgehead atoms. The first kappa shape index (κ1) is 9.65. The van der Waals surface area contributed by atoms with Crippen LogP contribution in [0.2, 0.25) is 0 Å². The summed E-state index contributed by atoms with van der Waals surface area (Å²) in [5, 5.41) is 8.36. The first-order chi connectivity index (χ1) is 6.72. The van der Waals surface area contributed by atoms with E-state index in [0.29, 0.717) is 12.0 Å². The van der Waals surface area contributed by atoms with Crippen molar-refractivity contribution in [3.05, 3.63) is 11.6 Å². The molecule has 0 saturated heterocycles. The minimum Gasteiger partial charge on any atom is -0.330 e. The van der Waals surface area contributed by atoms with Crippen molar-refractivity contribution in [2.75, 3.05) is 6.54 Å². The standard InChI is InChI=1S/C10H18N4/c1-7(6-11)5-10-13-12-8(2)14(10)9-3-4-9/h7,9H,3-6,11H2,1-2H3. The number of rotatable bonds is 4. The maximum Gasteiger partial charge on any atom is 0.133 e. The molecule has 1 aliphatic carbocycles. The first-order valence-corrected chi connectivity index (χ1v) is 5.32. The molecular formula is C10H18N4. The van der Waals surface area contributed by atoms with Gasteiger partial charge in [-0.25, -0.2) is 0 Å². The molecule has 2 N–H and O–H groups in total. The Kier molecular flexibility index (Phi) is 2.54. The third kappa shape index (κ3) is 1.80. The predicted octanol–water partition coefficient (Wildman–Crippen LogP) is 1.06. The molecule has 0 amide bonds. The van der Waals surface area contributed by atoms with Crippen LogP contribution >= 0.6 is 0 Å². The van der Waals surface area contributed by atoms with Crippen molar-refractivity contribution in [3.8, 4) is 0 Å². The van der Waals surface area contributed by atoms with Gasteiger partial charge in [0.05, 0.1) is 0 Å². The van der Waals surface area contributed by atoms with Gasteiger partial charge in [0.25, 0.3) is 0 Å². The summed E-state index contributed by atoms with van der Waals surface area (Å²) in [6.45, 7) is 4.90. The zero-order chi connectivity index (χ0) is 10.1. The molecule has 2 rings (SSSR count). The maximum absolute atomic E-state index is 5.61. The number of nitrogens with zero attached hydrogens (tertiary/aromatic N) is 3. The third-order valence-electron chi connectivity index (χ3n) is 2.78. The molecule has 1 aromatic heterocycles. The molecule has 4 heteroatoms. The molecule has 0 radical (unpaired) electrons. The molecule has 1 aliphatic rings. The summed E-state index contributed by atoms with van der Waals surface area (Å²) in [6.07, 6.45) is 3.51. The molecule has 1 atom stereocenters. The summed E-state index contributed by atoms with van der Waals surface area (Å²) in [4.78, 5) is 0. The van der Waals surface area contributed by atoms with Crippen molar-refractivity contribution < 1.29 is 0 Å². The molecule has 0 aromatic carbocycles. The Balaban J connectivity index is 2.15. The number of hydrogen-bond acceptors (Lipinski definition) is 3. The van der Waals surface area contributed by atoms with Crippen molar-refractivity contribution in [2.45, 2.75) is 39.2 Å². The quantitative estimate of drug-likeness (QED) is 0.779. The molecule has 1 heterocycles. The molecule has 78 valence electrons. The molecule has 1 unspecified atom stereocenters. The highest BCUT2D eigenvalue weighted by Gasteiger charge is 2.28. The van der Waals surface area contributed by atoms with E-state index in [1.165, 1.54) is 12.8 Å². The zero-order valence-corrected chi connectivity index (χ0v) is 8.90. The van der Waals surface area contributed by atoms with Crippen molar-refractivity contribution in [1.29, 1.82) is 0 Å². The average Bonchev–Trinajstić information content (AvgIpc) is 2.93. The van der Waals surface area contributed by atoms with Crippen LogP contribution in [0.25, 0.3) is 0 Å². The van der Waals surface area contributed by atoms with E-state index in [9.17, 15) is 0 Å². The number of nitrogens with two attached hydrogens (primary N) is 1. The first-order valence-electron chi connectivity index (χ1n) is 5.32. The molecule has 14 heavy (non-hydrogen) atoms. The fraction of sp³-hybridized carbons (Fsp3) is 0.800. The van der Waals surface area contributed by atoms with Crippen LogP contribution < -0.4 is 5.73 Å². The van der Waals surface area contributed by atoms with Gasteiger partial charge in [-0.1, -0.05) is 6.92 Å². The van der Waals surface area contributed by atoms with Gasteiger partial charge in [-0.2, -0.15) is 0 Å². The maximum atomic E-state index is 5.61. The largest absolute Gasteiger partial charge is 0.330 e. The van der Waals surface area contributed by atoms with Crippen molar-refractivity contribution in [3.63, 3.8) is 0 Å². The fourth-order valence-corrected chi connectivity index (χ4v) is 1.76. The normalized spacial score (nSPS) is 18.5. The monoisotopic (exact) mass is 194 g/mol. The highest BCUT2D eigenvalue weighted by molar-refractivity contribution is 5.02. The zero-order valence-electron chi connectivity index (χ0n) is 8.90. The van der Waals surface area contributed by atoms with Gasteiger partial charge in [0.2, 0.25) is 0 Å². The Labute approximate surface area is 84.5 Å². The molecular weight excluding hydrogens is 176 g/mol. The summed E-state index contributed by atoms with van der Waals surface area (Å²) < 4.78 is 2.28. The highest BCUT2D eigenvalue weighted by Crippen LogP contribution is 2.36. The average molecular weight is 194 g/mol. The SMILES string of the molecule is Cc1nnc(CC(C)CN)n1C1CC1. The summed E-state index contributed by atoms with van der Waals surface area (Å²) >= 11 is 0. The number of aryl methyl sites for hydroxylation is 1. The van der Waals surface area contributed by atoms with Gasteiger partial charge in [0.1, 0.15) is 11.6 Å². The third-order valence-corrected chi connectivity index (χ3v) is 2.78. The molecule has 1 saturated carbocycles. The van der Waals surface area contributed by atoms with Gasteiger partial charge in [-0.05, 0) is 32.2 Å². The second-order valence-electron chi connectivity index (χ2n) is 4.31.